The Morgan fingerprint density at radius 3 is 2.75 bits per heavy atom. The molecule has 108 valence electrons. The molecule has 0 radical (unpaired) electrons. The van der Waals surface area contributed by atoms with Crippen LogP contribution in [-0.4, -0.2) is 25.3 Å². The number of benzene rings is 1. The van der Waals surface area contributed by atoms with Crippen molar-refractivity contribution >= 4 is 17.3 Å². The topological polar surface area (TPSA) is 71.1 Å². The number of nitrogens with one attached hydrogen (secondary N) is 1. The molecule has 0 bridgehead atoms. The maximum absolute atomic E-state index is 8.77. The normalized spacial score (nSPS) is 22.2. The van der Waals surface area contributed by atoms with E-state index >= 15 is 0 Å². The smallest absolute Gasteiger partial charge is 0.0992 e. The lowest BCUT2D eigenvalue weighted by Gasteiger charge is -2.26. The van der Waals surface area contributed by atoms with E-state index in [-0.39, 0.29) is 0 Å². The lowest BCUT2D eigenvalue weighted by Crippen LogP contribution is -2.31. The van der Waals surface area contributed by atoms with Gasteiger partial charge in [-0.05, 0) is 43.9 Å². The van der Waals surface area contributed by atoms with Gasteiger partial charge in [-0.3, -0.25) is 0 Å². The van der Waals surface area contributed by atoms with Gasteiger partial charge in [0.25, 0.3) is 0 Å². The first-order valence-electron chi connectivity index (χ1n) is 6.99. The summed E-state index contributed by atoms with van der Waals surface area (Å²) in [5, 5.41) is 12.6. The number of hydrogen-bond donors (Lipinski definition) is 2. The molecule has 1 saturated carbocycles. The summed E-state index contributed by atoms with van der Waals surface area (Å²) in [7, 11) is 0. The van der Waals surface area contributed by atoms with E-state index in [9.17, 15) is 0 Å². The van der Waals surface area contributed by atoms with Crippen molar-refractivity contribution in [1.29, 1.82) is 5.26 Å². The van der Waals surface area contributed by atoms with Crippen LogP contribution in [0.4, 0.5) is 5.69 Å². The van der Waals surface area contributed by atoms with Gasteiger partial charge in [0.15, 0.2) is 0 Å². The predicted octanol–water partition coefficient (Wildman–Crippen LogP) is 2.91. The van der Waals surface area contributed by atoms with E-state index in [1.165, 1.54) is 0 Å². The summed E-state index contributed by atoms with van der Waals surface area (Å²) in [5.41, 5.74) is 7.26. The van der Waals surface area contributed by atoms with Crippen molar-refractivity contribution in [2.24, 2.45) is 5.73 Å². The van der Waals surface area contributed by atoms with Crippen LogP contribution >= 0.6 is 11.6 Å². The molecule has 0 atom stereocenters. The van der Waals surface area contributed by atoms with Crippen LogP contribution in [0.2, 0.25) is 5.02 Å². The number of halogens is 1. The van der Waals surface area contributed by atoms with Crippen LogP contribution in [0.25, 0.3) is 0 Å². The summed E-state index contributed by atoms with van der Waals surface area (Å²) in [6, 6.07) is 7.64. The fourth-order valence-electron chi connectivity index (χ4n) is 2.39. The number of anilines is 1. The molecule has 2 rings (SSSR count). The summed E-state index contributed by atoms with van der Waals surface area (Å²) >= 11 is 6.08. The predicted molar refractivity (Wildman–Crippen MR) is 80.8 cm³/mol. The first-order valence-corrected chi connectivity index (χ1v) is 7.37. The second-order valence-corrected chi connectivity index (χ2v) is 5.55. The van der Waals surface area contributed by atoms with Crippen molar-refractivity contribution in [3.05, 3.63) is 28.8 Å². The van der Waals surface area contributed by atoms with Crippen molar-refractivity contribution in [3.8, 4) is 6.07 Å². The zero-order chi connectivity index (χ0) is 14.4. The van der Waals surface area contributed by atoms with Gasteiger partial charge in [-0.25, -0.2) is 0 Å². The van der Waals surface area contributed by atoms with E-state index in [2.05, 4.69) is 11.4 Å². The number of rotatable bonds is 5. The second kappa shape index (κ2) is 7.49. The van der Waals surface area contributed by atoms with Gasteiger partial charge in [0.05, 0.1) is 35.1 Å². The van der Waals surface area contributed by atoms with Crippen LogP contribution in [0.5, 0.6) is 0 Å². The fourth-order valence-corrected chi connectivity index (χ4v) is 2.64. The molecule has 20 heavy (non-hydrogen) atoms. The highest BCUT2D eigenvalue weighted by Gasteiger charge is 2.18. The molecule has 1 aliphatic carbocycles. The zero-order valence-corrected chi connectivity index (χ0v) is 12.2. The monoisotopic (exact) mass is 293 g/mol. The van der Waals surface area contributed by atoms with Gasteiger partial charge in [-0.15, -0.1) is 0 Å². The number of nitrogens with zero attached hydrogens (tertiary/aromatic N) is 1. The molecule has 1 aliphatic rings. The summed E-state index contributed by atoms with van der Waals surface area (Å²) in [4.78, 5) is 0. The minimum absolute atomic E-state index is 0.341. The van der Waals surface area contributed by atoms with E-state index in [1.807, 2.05) is 6.07 Å². The van der Waals surface area contributed by atoms with E-state index in [0.29, 0.717) is 35.9 Å². The number of ether oxygens (including phenoxy) is 1. The first kappa shape index (κ1) is 15.1. The Morgan fingerprint density at radius 1 is 1.35 bits per heavy atom. The minimum Gasteiger partial charge on any atom is -0.382 e. The Kier molecular flexibility index (Phi) is 5.66. The third-order valence-electron chi connectivity index (χ3n) is 3.59. The van der Waals surface area contributed by atoms with E-state index < -0.39 is 0 Å². The van der Waals surface area contributed by atoms with Crippen molar-refractivity contribution in [2.75, 3.05) is 18.5 Å². The molecule has 1 aromatic rings. The highest BCUT2D eigenvalue weighted by atomic mass is 35.5. The van der Waals surface area contributed by atoms with Crippen LogP contribution in [-0.2, 0) is 4.74 Å². The van der Waals surface area contributed by atoms with Gasteiger partial charge >= 0.3 is 0 Å². The van der Waals surface area contributed by atoms with E-state index in [1.54, 1.807) is 12.1 Å². The van der Waals surface area contributed by atoms with Crippen LogP contribution in [0, 0.1) is 11.3 Å². The third-order valence-corrected chi connectivity index (χ3v) is 3.90. The van der Waals surface area contributed by atoms with E-state index in [4.69, 9.17) is 27.3 Å². The summed E-state index contributed by atoms with van der Waals surface area (Å²) in [5.74, 6) is 0. The Balaban J connectivity index is 1.70. The SMILES string of the molecule is N#Cc1ccc(NCCOC2CCC(N)CC2)c(Cl)c1. The van der Waals surface area contributed by atoms with Gasteiger partial charge in [0.1, 0.15) is 0 Å². The molecule has 5 heteroatoms. The summed E-state index contributed by atoms with van der Waals surface area (Å²) < 4.78 is 5.82. The second-order valence-electron chi connectivity index (χ2n) is 5.14. The molecule has 1 fully saturated rings. The van der Waals surface area contributed by atoms with Gasteiger partial charge in [-0.2, -0.15) is 5.26 Å². The number of nitriles is 1. The molecule has 0 heterocycles. The Morgan fingerprint density at radius 2 is 2.10 bits per heavy atom. The Hall–Kier alpha value is -1.28. The van der Waals surface area contributed by atoms with Gasteiger partial charge in [0, 0.05) is 12.6 Å². The molecule has 0 aromatic heterocycles. The van der Waals surface area contributed by atoms with Crippen LogP contribution in [0.15, 0.2) is 18.2 Å². The largest absolute Gasteiger partial charge is 0.382 e. The zero-order valence-electron chi connectivity index (χ0n) is 11.4. The van der Waals surface area contributed by atoms with Crippen LogP contribution in [0.3, 0.4) is 0 Å². The number of nitrogens with two attached hydrogens (primary N) is 1. The Labute approximate surface area is 124 Å². The first-order chi connectivity index (χ1) is 9.69. The molecule has 0 spiro atoms. The lowest BCUT2D eigenvalue weighted by molar-refractivity contribution is 0.0313. The van der Waals surface area contributed by atoms with Crippen molar-refractivity contribution in [1.82, 2.24) is 0 Å². The van der Waals surface area contributed by atoms with Crippen LogP contribution < -0.4 is 11.1 Å². The summed E-state index contributed by atoms with van der Waals surface area (Å²) in [6.07, 6.45) is 4.56. The van der Waals surface area contributed by atoms with Crippen LogP contribution in [0.1, 0.15) is 31.2 Å². The molecule has 0 aliphatic heterocycles. The molecule has 4 nitrogen and oxygen atoms in total. The number of hydrogen-bond acceptors (Lipinski definition) is 4. The quantitative estimate of drug-likeness (QED) is 0.819. The average Bonchev–Trinajstić information content (AvgIpc) is 2.46. The molecule has 0 unspecified atom stereocenters. The van der Waals surface area contributed by atoms with E-state index in [0.717, 1.165) is 31.4 Å². The van der Waals surface area contributed by atoms with Crippen molar-refractivity contribution in [3.63, 3.8) is 0 Å². The Bertz CT molecular complexity index is 478. The molecular weight excluding hydrogens is 274 g/mol. The van der Waals surface area contributed by atoms with Crippen molar-refractivity contribution in [2.45, 2.75) is 37.8 Å². The third kappa shape index (κ3) is 4.38. The molecule has 1 aromatic carbocycles. The maximum Gasteiger partial charge on any atom is 0.0992 e. The summed E-state index contributed by atoms with van der Waals surface area (Å²) in [6.45, 7) is 1.35. The molecule has 0 amide bonds. The standard InChI is InChI=1S/C15H20ClN3O/c16-14-9-11(10-17)1-6-15(14)19-7-8-20-13-4-2-12(18)3-5-13/h1,6,9,12-13,19H,2-5,7-8,18H2. The maximum atomic E-state index is 8.77. The molecule has 0 saturated heterocycles. The molecular formula is C15H20ClN3O. The van der Waals surface area contributed by atoms with Gasteiger partial charge in [-0.1, -0.05) is 11.6 Å². The minimum atomic E-state index is 0.341. The highest BCUT2D eigenvalue weighted by Crippen LogP contribution is 2.23. The van der Waals surface area contributed by atoms with Gasteiger partial charge in [0.2, 0.25) is 0 Å². The van der Waals surface area contributed by atoms with Gasteiger partial charge < -0.3 is 15.8 Å². The molecule has 3 N–H and O–H groups in total. The highest BCUT2D eigenvalue weighted by molar-refractivity contribution is 6.33. The fraction of sp³-hybridized carbons (Fsp3) is 0.533. The lowest BCUT2D eigenvalue weighted by atomic mass is 9.94. The average molecular weight is 294 g/mol. The van der Waals surface area contributed by atoms with Crippen molar-refractivity contribution < 1.29 is 4.74 Å².